The lowest BCUT2D eigenvalue weighted by molar-refractivity contribution is 0.0939. The lowest BCUT2D eigenvalue weighted by Crippen LogP contribution is -2.27. The first-order valence-corrected chi connectivity index (χ1v) is 8.43. The predicted octanol–water partition coefficient (Wildman–Crippen LogP) is 2.27. The molecule has 0 aliphatic rings. The van der Waals surface area contributed by atoms with Crippen molar-refractivity contribution in [3.8, 4) is 0 Å². The van der Waals surface area contributed by atoms with Crippen molar-refractivity contribution in [1.29, 1.82) is 0 Å². The molecule has 1 atom stereocenters. The van der Waals surface area contributed by atoms with E-state index in [-0.39, 0.29) is 10.5 Å². The number of benzene rings is 2. The first-order chi connectivity index (χ1) is 10.7. The summed E-state index contributed by atoms with van der Waals surface area (Å²) < 4.78 is 36.1. The predicted molar refractivity (Wildman–Crippen MR) is 84.8 cm³/mol. The first-order valence-electron chi connectivity index (χ1n) is 6.88. The third-order valence-electron chi connectivity index (χ3n) is 3.48. The van der Waals surface area contributed by atoms with Crippen molar-refractivity contribution in [3.05, 3.63) is 65.0 Å². The number of aryl methyl sites for hydroxylation is 1. The molecular formula is C16H17FN2O3S. The summed E-state index contributed by atoms with van der Waals surface area (Å²) in [7, 11) is -3.89. The van der Waals surface area contributed by atoms with E-state index in [1.54, 1.807) is 26.0 Å². The van der Waals surface area contributed by atoms with Crippen LogP contribution < -0.4 is 10.5 Å². The smallest absolute Gasteiger partial charge is 0.252 e. The van der Waals surface area contributed by atoms with Crippen LogP contribution in [0.4, 0.5) is 4.39 Å². The fraction of sp³-hybridized carbons (Fsp3) is 0.188. The Morgan fingerprint density at radius 3 is 2.52 bits per heavy atom. The fourth-order valence-electron chi connectivity index (χ4n) is 2.16. The molecule has 122 valence electrons. The number of halogens is 1. The Balaban J connectivity index is 2.27. The molecule has 0 unspecified atom stereocenters. The van der Waals surface area contributed by atoms with Crippen molar-refractivity contribution in [1.82, 2.24) is 5.32 Å². The second-order valence-corrected chi connectivity index (χ2v) is 6.83. The van der Waals surface area contributed by atoms with Crippen molar-refractivity contribution in [3.63, 3.8) is 0 Å². The molecule has 3 N–H and O–H groups in total. The molecule has 5 nitrogen and oxygen atoms in total. The number of nitrogens with two attached hydrogens (primary N) is 1. The van der Waals surface area contributed by atoms with E-state index in [2.05, 4.69) is 5.32 Å². The molecule has 0 aromatic heterocycles. The van der Waals surface area contributed by atoms with E-state index < -0.39 is 27.8 Å². The van der Waals surface area contributed by atoms with Crippen LogP contribution in [0.25, 0.3) is 0 Å². The maximum atomic E-state index is 13.2. The van der Waals surface area contributed by atoms with Gasteiger partial charge in [-0.2, -0.15) is 0 Å². The van der Waals surface area contributed by atoms with Crippen LogP contribution in [-0.2, 0) is 10.0 Å². The third-order valence-corrected chi connectivity index (χ3v) is 4.39. The van der Waals surface area contributed by atoms with Gasteiger partial charge in [0, 0.05) is 5.56 Å². The Bertz CT molecular complexity index is 850. The highest BCUT2D eigenvalue weighted by atomic mass is 32.2. The van der Waals surface area contributed by atoms with Crippen molar-refractivity contribution in [2.75, 3.05) is 0 Å². The summed E-state index contributed by atoms with van der Waals surface area (Å²) in [6.45, 7) is 3.40. The summed E-state index contributed by atoms with van der Waals surface area (Å²) in [4.78, 5) is 12.2. The molecule has 1 amide bonds. The number of sulfonamides is 1. The molecule has 2 aromatic rings. The summed E-state index contributed by atoms with van der Waals surface area (Å²) in [5.74, 6) is -0.847. The fourth-order valence-corrected chi connectivity index (χ4v) is 2.70. The lowest BCUT2D eigenvalue weighted by Gasteiger charge is -2.16. The molecule has 0 radical (unpaired) electrons. The van der Waals surface area contributed by atoms with Crippen molar-refractivity contribution in [2.45, 2.75) is 24.8 Å². The quantitative estimate of drug-likeness (QED) is 0.897. The molecule has 23 heavy (non-hydrogen) atoms. The Morgan fingerprint density at radius 1 is 1.22 bits per heavy atom. The van der Waals surface area contributed by atoms with Gasteiger partial charge in [0.2, 0.25) is 10.0 Å². The number of carbonyl (C=O) groups is 1. The van der Waals surface area contributed by atoms with Gasteiger partial charge in [0.1, 0.15) is 5.82 Å². The molecule has 0 saturated heterocycles. The zero-order valence-corrected chi connectivity index (χ0v) is 13.5. The van der Waals surface area contributed by atoms with Gasteiger partial charge in [-0.3, -0.25) is 4.79 Å². The lowest BCUT2D eigenvalue weighted by atomic mass is 10.1. The zero-order chi connectivity index (χ0) is 17.2. The SMILES string of the molecule is Cc1ccc(S(N)(=O)=O)cc1C(=O)N[C@@H](C)c1cccc(F)c1. The monoisotopic (exact) mass is 336 g/mol. The maximum Gasteiger partial charge on any atom is 0.252 e. The number of rotatable bonds is 4. The standard InChI is InChI=1S/C16H17FN2O3S/c1-10-6-7-14(23(18,21)22)9-15(10)16(20)19-11(2)12-4-3-5-13(17)8-12/h3-9,11H,1-2H3,(H,19,20)(H2,18,21,22)/t11-/m0/s1. The van der Waals surface area contributed by atoms with Crippen LogP contribution in [0.2, 0.25) is 0 Å². The van der Waals surface area contributed by atoms with Crippen LogP contribution in [0.3, 0.4) is 0 Å². The minimum Gasteiger partial charge on any atom is -0.346 e. The van der Waals surface area contributed by atoms with E-state index in [1.807, 2.05) is 0 Å². The van der Waals surface area contributed by atoms with E-state index >= 15 is 0 Å². The average molecular weight is 336 g/mol. The highest BCUT2D eigenvalue weighted by Gasteiger charge is 2.17. The summed E-state index contributed by atoms with van der Waals surface area (Å²) in [6, 6.07) is 9.56. The molecule has 0 aliphatic carbocycles. The van der Waals surface area contributed by atoms with Gasteiger partial charge in [-0.25, -0.2) is 17.9 Å². The van der Waals surface area contributed by atoms with Crippen LogP contribution in [0, 0.1) is 12.7 Å². The minimum absolute atomic E-state index is 0.133. The molecule has 0 saturated carbocycles. The molecule has 0 fully saturated rings. The first kappa shape index (κ1) is 17.1. The highest BCUT2D eigenvalue weighted by Crippen LogP contribution is 2.18. The molecule has 0 aliphatic heterocycles. The highest BCUT2D eigenvalue weighted by molar-refractivity contribution is 7.89. The van der Waals surface area contributed by atoms with Gasteiger partial charge in [0.05, 0.1) is 10.9 Å². The molecule has 2 aromatic carbocycles. The van der Waals surface area contributed by atoms with Gasteiger partial charge in [0.15, 0.2) is 0 Å². The molecule has 2 rings (SSSR count). The van der Waals surface area contributed by atoms with Crippen LogP contribution in [0.15, 0.2) is 47.4 Å². The van der Waals surface area contributed by atoms with E-state index in [4.69, 9.17) is 5.14 Å². The summed E-state index contributed by atoms with van der Waals surface area (Å²) >= 11 is 0. The van der Waals surface area contributed by atoms with E-state index in [0.29, 0.717) is 11.1 Å². The Hall–Kier alpha value is -2.25. The third kappa shape index (κ3) is 4.14. The number of hydrogen-bond acceptors (Lipinski definition) is 3. The van der Waals surface area contributed by atoms with Crippen molar-refractivity contribution >= 4 is 15.9 Å². The molecule has 7 heteroatoms. The molecular weight excluding hydrogens is 319 g/mol. The van der Waals surface area contributed by atoms with Gasteiger partial charge >= 0.3 is 0 Å². The second kappa shape index (κ2) is 6.47. The topological polar surface area (TPSA) is 89.3 Å². The van der Waals surface area contributed by atoms with Gasteiger partial charge in [-0.15, -0.1) is 0 Å². The van der Waals surface area contributed by atoms with Crippen LogP contribution in [-0.4, -0.2) is 14.3 Å². The van der Waals surface area contributed by atoms with E-state index in [1.165, 1.54) is 30.3 Å². The Morgan fingerprint density at radius 2 is 1.91 bits per heavy atom. The zero-order valence-electron chi connectivity index (χ0n) is 12.7. The number of primary sulfonamides is 1. The summed E-state index contributed by atoms with van der Waals surface area (Å²) in [5.41, 5.74) is 1.43. The second-order valence-electron chi connectivity index (χ2n) is 5.27. The number of hydrogen-bond donors (Lipinski definition) is 2. The largest absolute Gasteiger partial charge is 0.346 e. The Labute approximate surface area is 134 Å². The van der Waals surface area contributed by atoms with Gasteiger partial charge < -0.3 is 5.32 Å². The van der Waals surface area contributed by atoms with E-state index in [0.717, 1.165) is 0 Å². The van der Waals surface area contributed by atoms with Crippen LogP contribution >= 0.6 is 0 Å². The van der Waals surface area contributed by atoms with Crippen LogP contribution in [0.5, 0.6) is 0 Å². The van der Waals surface area contributed by atoms with Gasteiger partial charge in [-0.1, -0.05) is 18.2 Å². The number of nitrogens with one attached hydrogen (secondary N) is 1. The van der Waals surface area contributed by atoms with Gasteiger partial charge in [-0.05, 0) is 49.2 Å². The van der Waals surface area contributed by atoms with E-state index in [9.17, 15) is 17.6 Å². The van der Waals surface area contributed by atoms with Crippen molar-refractivity contribution < 1.29 is 17.6 Å². The number of carbonyl (C=O) groups excluding carboxylic acids is 1. The molecule has 0 heterocycles. The summed E-state index contributed by atoms with van der Waals surface area (Å²) in [6.07, 6.45) is 0. The van der Waals surface area contributed by atoms with Crippen molar-refractivity contribution in [2.24, 2.45) is 5.14 Å². The minimum atomic E-state index is -3.89. The van der Waals surface area contributed by atoms with Crippen LogP contribution in [0.1, 0.15) is 34.5 Å². The maximum absolute atomic E-state index is 13.2. The van der Waals surface area contributed by atoms with Gasteiger partial charge in [0.25, 0.3) is 5.91 Å². The normalized spacial score (nSPS) is 12.7. The molecule has 0 spiro atoms. The molecule has 0 bridgehead atoms. The number of amides is 1. The summed E-state index contributed by atoms with van der Waals surface area (Å²) in [5, 5.41) is 7.80. The Kier molecular flexibility index (Phi) is 4.82. The average Bonchev–Trinajstić information content (AvgIpc) is 2.46.